The van der Waals surface area contributed by atoms with Crippen LogP contribution in [0.5, 0.6) is 0 Å². The van der Waals surface area contributed by atoms with Crippen molar-refractivity contribution in [2.75, 3.05) is 10.6 Å². The summed E-state index contributed by atoms with van der Waals surface area (Å²) in [4.78, 5) is 51.0. The zero-order chi connectivity index (χ0) is 29.4. The first kappa shape index (κ1) is 29.3. The van der Waals surface area contributed by atoms with Crippen molar-refractivity contribution in [3.05, 3.63) is 118 Å². The summed E-state index contributed by atoms with van der Waals surface area (Å²) in [6.45, 7) is 3.52. The highest BCUT2D eigenvalue weighted by atomic mass is 32.2. The van der Waals surface area contributed by atoms with Gasteiger partial charge in [-0.15, -0.1) is 11.8 Å². The Bertz CT molecular complexity index is 1600. The number of rotatable bonds is 10. The molecule has 0 bridgehead atoms. The van der Waals surface area contributed by atoms with Crippen molar-refractivity contribution in [2.45, 2.75) is 24.0 Å². The summed E-state index contributed by atoms with van der Waals surface area (Å²) in [7, 11) is 0. The van der Waals surface area contributed by atoms with Crippen LogP contribution < -0.4 is 16.0 Å². The number of thiophene rings is 1. The minimum absolute atomic E-state index is 0.0852. The normalized spacial score (nSPS) is 11.8. The van der Waals surface area contributed by atoms with E-state index in [1.54, 1.807) is 74.5 Å². The van der Waals surface area contributed by atoms with Crippen LogP contribution in [0, 0.1) is 6.92 Å². The van der Waals surface area contributed by atoms with Crippen LogP contribution in [0.4, 0.5) is 11.4 Å². The highest BCUT2D eigenvalue weighted by molar-refractivity contribution is 8.00. The van der Waals surface area contributed by atoms with Gasteiger partial charge in [0.15, 0.2) is 0 Å². The van der Waals surface area contributed by atoms with Crippen molar-refractivity contribution in [2.24, 2.45) is 0 Å². The largest absolute Gasteiger partial charge is 0.478 e. The Labute approximate surface area is 245 Å². The summed E-state index contributed by atoms with van der Waals surface area (Å²) in [6, 6.07) is 22.1. The Balaban J connectivity index is 1.45. The van der Waals surface area contributed by atoms with E-state index in [2.05, 4.69) is 16.0 Å². The molecule has 4 rings (SSSR count). The molecule has 0 saturated heterocycles. The molecule has 8 nitrogen and oxygen atoms in total. The first-order valence-electron chi connectivity index (χ1n) is 12.5. The maximum atomic E-state index is 13.3. The van der Waals surface area contributed by atoms with E-state index in [1.807, 2.05) is 22.9 Å². The van der Waals surface area contributed by atoms with E-state index < -0.39 is 23.0 Å². The Morgan fingerprint density at radius 3 is 2.39 bits per heavy atom. The number of aromatic carboxylic acids is 1. The Morgan fingerprint density at radius 1 is 0.902 bits per heavy atom. The average molecular weight is 586 g/mol. The number of benzene rings is 3. The smallest absolute Gasteiger partial charge is 0.335 e. The van der Waals surface area contributed by atoms with Crippen molar-refractivity contribution in [3.63, 3.8) is 0 Å². The molecule has 4 aromatic rings. The summed E-state index contributed by atoms with van der Waals surface area (Å²) >= 11 is 2.76. The lowest BCUT2D eigenvalue weighted by Crippen LogP contribution is -2.30. The fourth-order valence-corrected chi connectivity index (χ4v) is 5.24. The molecular formula is C31H27N3O5S2. The lowest BCUT2D eigenvalue weighted by atomic mass is 10.1. The molecule has 3 amide bonds. The number of thioether (sulfide) groups is 1. The zero-order valence-electron chi connectivity index (χ0n) is 22.2. The Hall–Kier alpha value is -4.67. The minimum Gasteiger partial charge on any atom is -0.478 e. The highest BCUT2D eigenvalue weighted by Gasteiger charge is 2.18. The van der Waals surface area contributed by atoms with E-state index in [4.69, 9.17) is 0 Å². The van der Waals surface area contributed by atoms with Gasteiger partial charge in [-0.2, -0.15) is 11.3 Å². The third-order valence-corrected chi connectivity index (χ3v) is 7.69. The van der Waals surface area contributed by atoms with Gasteiger partial charge in [-0.05, 0) is 90.3 Å². The van der Waals surface area contributed by atoms with Gasteiger partial charge in [0.25, 0.3) is 11.8 Å². The molecule has 0 aliphatic carbocycles. The molecule has 0 aliphatic heterocycles. The fraction of sp³-hybridized carbons (Fsp3) is 0.0968. The van der Waals surface area contributed by atoms with Gasteiger partial charge < -0.3 is 21.1 Å². The molecule has 0 spiro atoms. The number of aryl methyl sites for hydroxylation is 1. The molecular weight excluding hydrogens is 558 g/mol. The average Bonchev–Trinajstić information content (AvgIpc) is 3.47. The van der Waals surface area contributed by atoms with Crippen molar-refractivity contribution in [3.8, 4) is 0 Å². The van der Waals surface area contributed by atoms with Crippen LogP contribution in [0.2, 0.25) is 0 Å². The molecule has 10 heteroatoms. The van der Waals surface area contributed by atoms with Gasteiger partial charge in [-0.3, -0.25) is 14.4 Å². The van der Waals surface area contributed by atoms with Gasteiger partial charge in [-0.25, -0.2) is 4.79 Å². The number of hydrogen-bond donors (Lipinski definition) is 4. The SMILES string of the molecule is Cc1ccc(C(=O)O)cc1NC(=O)C(C)Sc1cccc(NC(=O)/C(=C/c2ccsc2)NC(=O)c2ccccc2)c1. The number of anilines is 2. The van der Waals surface area contributed by atoms with E-state index in [9.17, 15) is 24.3 Å². The van der Waals surface area contributed by atoms with E-state index in [0.717, 1.165) is 16.0 Å². The molecule has 1 aromatic heterocycles. The van der Waals surface area contributed by atoms with Crippen molar-refractivity contribution in [1.29, 1.82) is 0 Å². The summed E-state index contributed by atoms with van der Waals surface area (Å²) < 4.78 is 0. The van der Waals surface area contributed by atoms with Crippen molar-refractivity contribution in [1.82, 2.24) is 5.32 Å². The maximum absolute atomic E-state index is 13.3. The van der Waals surface area contributed by atoms with Crippen LogP contribution in [0.3, 0.4) is 0 Å². The molecule has 0 fully saturated rings. The standard InChI is InChI=1S/C31H27N3O5S2/c1-19-11-12-23(31(38)39)16-26(19)33-28(35)20(2)41-25-10-6-9-24(17-25)32-30(37)27(15-21-13-14-40-18-21)34-29(36)22-7-4-3-5-8-22/h3-18,20H,1-2H3,(H,32,37)(H,33,35)(H,34,36)(H,38,39)/b27-15-. The molecule has 0 radical (unpaired) electrons. The molecule has 0 saturated carbocycles. The monoisotopic (exact) mass is 585 g/mol. The molecule has 208 valence electrons. The quantitative estimate of drug-likeness (QED) is 0.128. The third-order valence-electron chi connectivity index (χ3n) is 5.90. The first-order chi connectivity index (χ1) is 19.7. The maximum Gasteiger partial charge on any atom is 0.335 e. The number of amides is 3. The molecule has 4 N–H and O–H groups in total. The highest BCUT2D eigenvalue weighted by Crippen LogP contribution is 2.27. The van der Waals surface area contributed by atoms with Crippen molar-refractivity contribution >= 4 is 64.2 Å². The second-order valence-corrected chi connectivity index (χ2v) is 11.2. The van der Waals surface area contributed by atoms with Crippen LogP contribution in [-0.2, 0) is 9.59 Å². The molecule has 1 unspecified atom stereocenters. The van der Waals surface area contributed by atoms with Crippen LogP contribution in [0.1, 0.15) is 38.8 Å². The van der Waals surface area contributed by atoms with E-state index >= 15 is 0 Å². The molecule has 1 heterocycles. The minimum atomic E-state index is -1.07. The van der Waals surface area contributed by atoms with Crippen LogP contribution in [0.15, 0.2) is 100 Å². The predicted octanol–water partition coefficient (Wildman–Crippen LogP) is 6.28. The van der Waals surface area contributed by atoms with Gasteiger partial charge in [0.1, 0.15) is 5.70 Å². The number of nitrogens with one attached hydrogen (secondary N) is 3. The van der Waals surface area contributed by atoms with Gasteiger partial charge in [0.2, 0.25) is 5.91 Å². The molecule has 3 aromatic carbocycles. The summed E-state index contributed by atoms with van der Waals surface area (Å²) in [6.07, 6.45) is 1.61. The fourth-order valence-electron chi connectivity index (χ4n) is 3.69. The van der Waals surface area contributed by atoms with Gasteiger partial charge in [-0.1, -0.05) is 30.3 Å². The van der Waals surface area contributed by atoms with Crippen LogP contribution >= 0.6 is 23.1 Å². The summed E-state index contributed by atoms with van der Waals surface area (Å²) in [5, 5.41) is 20.8. The van der Waals surface area contributed by atoms with Gasteiger partial charge >= 0.3 is 5.97 Å². The third kappa shape index (κ3) is 8.17. The number of carboxylic acids is 1. The topological polar surface area (TPSA) is 125 Å². The lowest BCUT2D eigenvalue weighted by Gasteiger charge is -2.15. The lowest BCUT2D eigenvalue weighted by molar-refractivity contribution is -0.115. The summed E-state index contributed by atoms with van der Waals surface area (Å²) in [5.41, 5.74) is 3.04. The molecule has 41 heavy (non-hydrogen) atoms. The Morgan fingerprint density at radius 2 is 1.68 bits per heavy atom. The number of carbonyl (C=O) groups excluding carboxylic acids is 3. The van der Waals surface area contributed by atoms with Crippen LogP contribution in [0.25, 0.3) is 6.08 Å². The van der Waals surface area contributed by atoms with E-state index in [0.29, 0.717) is 16.9 Å². The Kier molecular flexibility index (Phi) is 9.73. The van der Waals surface area contributed by atoms with Gasteiger partial charge in [0.05, 0.1) is 10.8 Å². The number of carboxylic acid groups (broad SMARTS) is 1. The van der Waals surface area contributed by atoms with E-state index in [-0.39, 0.29) is 17.2 Å². The second kappa shape index (κ2) is 13.6. The predicted molar refractivity (Wildman–Crippen MR) is 163 cm³/mol. The van der Waals surface area contributed by atoms with Gasteiger partial charge in [0, 0.05) is 21.8 Å². The summed E-state index contributed by atoms with van der Waals surface area (Å²) in [5.74, 6) is -2.27. The number of hydrogen-bond acceptors (Lipinski definition) is 6. The van der Waals surface area contributed by atoms with Crippen molar-refractivity contribution < 1.29 is 24.3 Å². The van der Waals surface area contributed by atoms with Crippen LogP contribution in [-0.4, -0.2) is 34.0 Å². The molecule has 0 aliphatic rings. The van der Waals surface area contributed by atoms with E-state index in [1.165, 1.54) is 35.2 Å². The first-order valence-corrected chi connectivity index (χ1v) is 14.3. The molecule has 1 atom stereocenters. The number of carbonyl (C=O) groups is 4. The second-order valence-electron chi connectivity index (χ2n) is 9.00. The zero-order valence-corrected chi connectivity index (χ0v) is 23.8.